The average molecular weight is 313 g/mol. The van der Waals surface area contributed by atoms with Crippen LogP contribution in [0.4, 0.5) is 0 Å². The maximum atomic E-state index is 12.4. The van der Waals surface area contributed by atoms with Crippen LogP contribution in [0.5, 0.6) is 5.75 Å². The van der Waals surface area contributed by atoms with Gasteiger partial charge in [0.25, 0.3) is 0 Å². The van der Waals surface area contributed by atoms with Gasteiger partial charge >= 0.3 is 0 Å². The smallest absolute Gasteiger partial charge is 0.244 e. The van der Waals surface area contributed by atoms with Gasteiger partial charge in [0.1, 0.15) is 12.3 Å². The standard InChI is InChI=1S/C18H23N3O2/c1-15-6-2-3-8-17(15)23-14-16-7-4-10-20(12-16)18(22)13-21-11-5-9-19-21/h2-3,5-6,8-9,11,16H,4,7,10,12-14H2,1H3. The average Bonchev–Trinajstić information content (AvgIpc) is 3.07. The summed E-state index contributed by atoms with van der Waals surface area (Å²) in [6.07, 6.45) is 5.66. The minimum Gasteiger partial charge on any atom is -0.493 e. The van der Waals surface area contributed by atoms with Crippen molar-refractivity contribution in [3.8, 4) is 5.75 Å². The molecule has 0 spiro atoms. The number of ether oxygens (including phenoxy) is 1. The first-order valence-electron chi connectivity index (χ1n) is 8.16. The van der Waals surface area contributed by atoms with Crippen LogP contribution in [0.25, 0.3) is 0 Å². The molecule has 2 aromatic rings. The predicted octanol–water partition coefficient (Wildman–Crippen LogP) is 2.51. The molecular weight excluding hydrogens is 290 g/mol. The lowest BCUT2D eigenvalue weighted by Gasteiger charge is -2.32. The van der Waals surface area contributed by atoms with E-state index >= 15 is 0 Å². The van der Waals surface area contributed by atoms with Crippen molar-refractivity contribution in [3.63, 3.8) is 0 Å². The zero-order valence-electron chi connectivity index (χ0n) is 13.5. The normalized spacial score (nSPS) is 18.0. The van der Waals surface area contributed by atoms with Crippen LogP contribution in [0.1, 0.15) is 18.4 Å². The van der Waals surface area contributed by atoms with E-state index in [2.05, 4.69) is 18.1 Å². The Morgan fingerprint density at radius 1 is 1.35 bits per heavy atom. The van der Waals surface area contributed by atoms with Crippen molar-refractivity contribution < 1.29 is 9.53 Å². The van der Waals surface area contributed by atoms with Crippen LogP contribution in [-0.2, 0) is 11.3 Å². The van der Waals surface area contributed by atoms with Gasteiger partial charge in [0, 0.05) is 31.4 Å². The number of benzene rings is 1. The third-order valence-electron chi connectivity index (χ3n) is 4.30. The van der Waals surface area contributed by atoms with E-state index in [1.165, 1.54) is 0 Å². The van der Waals surface area contributed by atoms with Gasteiger partial charge < -0.3 is 9.64 Å². The van der Waals surface area contributed by atoms with Gasteiger partial charge in [-0.15, -0.1) is 0 Å². The topological polar surface area (TPSA) is 47.4 Å². The molecule has 0 radical (unpaired) electrons. The Kier molecular flexibility index (Phi) is 4.95. The van der Waals surface area contributed by atoms with E-state index in [1.807, 2.05) is 35.4 Å². The van der Waals surface area contributed by atoms with Gasteiger partial charge in [-0.3, -0.25) is 9.48 Å². The van der Waals surface area contributed by atoms with E-state index in [1.54, 1.807) is 10.9 Å². The Morgan fingerprint density at radius 2 is 2.22 bits per heavy atom. The zero-order chi connectivity index (χ0) is 16.1. The summed E-state index contributed by atoms with van der Waals surface area (Å²) >= 11 is 0. The molecule has 1 fully saturated rings. The number of rotatable bonds is 5. The largest absolute Gasteiger partial charge is 0.493 e. The summed E-state index contributed by atoms with van der Waals surface area (Å²) in [5.74, 6) is 1.46. The highest BCUT2D eigenvalue weighted by molar-refractivity contribution is 5.76. The number of aromatic nitrogens is 2. The molecule has 1 aromatic carbocycles. The molecule has 2 heterocycles. The van der Waals surface area contributed by atoms with Gasteiger partial charge in [-0.2, -0.15) is 5.10 Å². The highest BCUT2D eigenvalue weighted by Gasteiger charge is 2.24. The van der Waals surface area contributed by atoms with Crippen LogP contribution >= 0.6 is 0 Å². The third kappa shape index (κ3) is 4.12. The highest BCUT2D eigenvalue weighted by Crippen LogP contribution is 2.21. The van der Waals surface area contributed by atoms with Gasteiger partial charge in [0.2, 0.25) is 5.91 Å². The summed E-state index contributed by atoms with van der Waals surface area (Å²) in [6, 6.07) is 9.89. The fourth-order valence-electron chi connectivity index (χ4n) is 2.99. The number of amides is 1. The second-order valence-electron chi connectivity index (χ2n) is 6.13. The Hall–Kier alpha value is -2.30. The van der Waals surface area contributed by atoms with E-state index in [-0.39, 0.29) is 5.91 Å². The number of aryl methyl sites for hydroxylation is 1. The second kappa shape index (κ2) is 7.31. The molecule has 0 bridgehead atoms. The summed E-state index contributed by atoms with van der Waals surface area (Å²) < 4.78 is 7.63. The lowest BCUT2D eigenvalue weighted by molar-refractivity contribution is -0.134. The number of para-hydroxylation sites is 1. The van der Waals surface area contributed by atoms with Crippen molar-refractivity contribution in [2.75, 3.05) is 19.7 Å². The molecule has 1 aromatic heterocycles. The van der Waals surface area contributed by atoms with Crippen LogP contribution in [0, 0.1) is 12.8 Å². The quantitative estimate of drug-likeness (QED) is 0.852. The molecule has 3 rings (SSSR count). The Morgan fingerprint density at radius 3 is 3.00 bits per heavy atom. The monoisotopic (exact) mass is 313 g/mol. The summed E-state index contributed by atoms with van der Waals surface area (Å²) in [5.41, 5.74) is 1.15. The maximum absolute atomic E-state index is 12.4. The first-order valence-corrected chi connectivity index (χ1v) is 8.16. The minimum atomic E-state index is 0.134. The number of nitrogens with zero attached hydrogens (tertiary/aromatic N) is 3. The van der Waals surface area contributed by atoms with Crippen molar-refractivity contribution in [2.24, 2.45) is 5.92 Å². The molecule has 1 amide bonds. The molecular formula is C18H23N3O2. The summed E-state index contributed by atoms with van der Waals surface area (Å²) in [7, 11) is 0. The van der Waals surface area contributed by atoms with E-state index in [9.17, 15) is 4.79 Å². The fraction of sp³-hybridized carbons (Fsp3) is 0.444. The van der Waals surface area contributed by atoms with Crippen molar-refractivity contribution in [2.45, 2.75) is 26.3 Å². The molecule has 1 unspecified atom stereocenters. The lowest BCUT2D eigenvalue weighted by Crippen LogP contribution is -2.43. The molecule has 5 nitrogen and oxygen atoms in total. The van der Waals surface area contributed by atoms with Crippen LogP contribution < -0.4 is 4.74 Å². The summed E-state index contributed by atoms with van der Waals surface area (Å²) in [5, 5.41) is 4.10. The van der Waals surface area contributed by atoms with Crippen LogP contribution in [0.2, 0.25) is 0 Å². The molecule has 23 heavy (non-hydrogen) atoms. The van der Waals surface area contributed by atoms with E-state index in [4.69, 9.17) is 4.74 Å². The fourth-order valence-corrected chi connectivity index (χ4v) is 2.99. The van der Waals surface area contributed by atoms with Crippen LogP contribution in [-0.4, -0.2) is 40.3 Å². The van der Waals surface area contributed by atoms with Crippen molar-refractivity contribution >= 4 is 5.91 Å². The van der Waals surface area contributed by atoms with Crippen LogP contribution in [0.15, 0.2) is 42.7 Å². The van der Waals surface area contributed by atoms with Crippen molar-refractivity contribution in [1.82, 2.24) is 14.7 Å². The predicted molar refractivity (Wildman–Crippen MR) is 88.2 cm³/mol. The molecule has 1 aliphatic heterocycles. The van der Waals surface area contributed by atoms with Crippen LogP contribution in [0.3, 0.4) is 0 Å². The highest BCUT2D eigenvalue weighted by atomic mass is 16.5. The number of hydrogen-bond acceptors (Lipinski definition) is 3. The number of hydrogen-bond donors (Lipinski definition) is 0. The SMILES string of the molecule is Cc1ccccc1OCC1CCCN(C(=O)Cn2cccn2)C1. The van der Waals surface area contributed by atoms with Gasteiger partial charge in [0.05, 0.1) is 6.61 Å². The van der Waals surface area contributed by atoms with E-state index < -0.39 is 0 Å². The van der Waals surface area contributed by atoms with Gasteiger partial charge in [-0.05, 0) is 37.5 Å². The molecule has 1 atom stereocenters. The van der Waals surface area contributed by atoms with Gasteiger partial charge in [-0.25, -0.2) is 0 Å². The molecule has 0 aliphatic carbocycles. The van der Waals surface area contributed by atoms with Crippen molar-refractivity contribution in [3.05, 3.63) is 48.3 Å². The number of carbonyl (C=O) groups is 1. The zero-order valence-corrected chi connectivity index (χ0v) is 13.5. The Labute approximate surface area is 136 Å². The number of likely N-dealkylation sites (tertiary alicyclic amines) is 1. The second-order valence-corrected chi connectivity index (χ2v) is 6.13. The van der Waals surface area contributed by atoms with Gasteiger partial charge in [-0.1, -0.05) is 18.2 Å². The molecule has 1 aliphatic rings. The molecule has 1 saturated heterocycles. The molecule has 0 saturated carbocycles. The molecule has 0 N–H and O–H groups in total. The van der Waals surface area contributed by atoms with E-state index in [0.29, 0.717) is 19.1 Å². The Balaban J connectivity index is 1.52. The van der Waals surface area contributed by atoms with E-state index in [0.717, 1.165) is 37.2 Å². The maximum Gasteiger partial charge on any atom is 0.244 e. The van der Waals surface area contributed by atoms with Gasteiger partial charge in [0.15, 0.2) is 0 Å². The molecule has 122 valence electrons. The molecule has 5 heteroatoms. The van der Waals surface area contributed by atoms with Crippen molar-refractivity contribution in [1.29, 1.82) is 0 Å². The number of carbonyl (C=O) groups excluding carboxylic acids is 1. The number of piperidine rings is 1. The summed E-state index contributed by atoms with van der Waals surface area (Å²) in [4.78, 5) is 14.3. The minimum absolute atomic E-state index is 0.134. The third-order valence-corrected chi connectivity index (χ3v) is 4.30. The first kappa shape index (κ1) is 15.6. The lowest BCUT2D eigenvalue weighted by atomic mass is 9.99. The summed E-state index contributed by atoms with van der Waals surface area (Å²) in [6.45, 7) is 4.64. The Bertz CT molecular complexity index is 639. The first-order chi connectivity index (χ1) is 11.2.